The molecule has 1 aromatic carbocycles. The molecule has 0 saturated heterocycles. The molecule has 0 amide bonds. The second kappa shape index (κ2) is 5.14. The van der Waals surface area contributed by atoms with Gasteiger partial charge < -0.3 is 0 Å². The molecule has 1 heteroatoms. The van der Waals surface area contributed by atoms with Crippen molar-refractivity contribution in [2.45, 2.75) is 12.8 Å². The van der Waals surface area contributed by atoms with Crippen LogP contribution in [0.25, 0.3) is 0 Å². The number of benzene rings is 1. The summed E-state index contributed by atoms with van der Waals surface area (Å²) in [4.78, 5) is 1.91. The maximum atomic E-state index is 3.24. The van der Waals surface area contributed by atoms with Gasteiger partial charge in [0.1, 0.15) is 0 Å². The molecule has 0 aliphatic heterocycles. The predicted octanol–water partition coefficient (Wildman–Crippen LogP) is 3.53. The van der Waals surface area contributed by atoms with Crippen molar-refractivity contribution in [3.8, 4) is 0 Å². The van der Waals surface area contributed by atoms with E-state index in [4.69, 9.17) is 0 Å². The summed E-state index contributed by atoms with van der Waals surface area (Å²) in [6.07, 6.45) is 4.35. The Kier molecular flexibility index (Phi) is 3.99. The molecule has 0 heterocycles. The van der Waals surface area contributed by atoms with Crippen LogP contribution in [-0.2, 0) is 6.42 Å². The fourth-order valence-corrected chi connectivity index (χ4v) is 1.22. The Bertz CT molecular complexity index is 214. The van der Waals surface area contributed by atoms with Gasteiger partial charge in [-0.05, 0) is 23.4 Å². The summed E-state index contributed by atoms with van der Waals surface area (Å²) in [6.45, 7) is 0. The molecule has 0 bridgehead atoms. The van der Waals surface area contributed by atoms with Gasteiger partial charge >= 0.3 is 0 Å². The summed E-state index contributed by atoms with van der Waals surface area (Å²) in [5, 5.41) is 0. The van der Waals surface area contributed by atoms with Crippen molar-refractivity contribution in [3.05, 3.63) is 47.0 Å². The van der Waals surface area contributed by atoms with Crippen molar-refractivity contribution in [2.75, 3.05) is 0 Å². The Labute approximate surface area is 76.1 Å². The molecule has 0 unspecified atom stereocenters. The second-order valence-corrected chi connectivity index (χ2v) is 2.91. The zero-order chi connectivity index (χ0) is 7.94. The number of hydrogen-bond acceptors (Lipinski definition) is 0. The minimum absolute atomic E-state index is 1.11. The van der Waals surface area contributed by atoms with E-state index >= 15 is 0 Å². The van der Waals surface area contributed by atoms with Crippen LogP contribution >= 0.6 is 15.9 Å². The van der Waals surface area contributed by atoms with Crippen molar-refractivity contribution < 1.29 is 0 Å². The number of hydrogen-bond donors (Lipinski definition) is 0. The maximum absolute atomic E-state index is 3.24. The molecular weight excluding hydrogens is 200 g/mol. The van der Waals surface area contributed by atoms with Crippen LogP contribution in [0.4, 0.5) is 0 Å². The van der Waals surface area contributed by atoms with E-state index in [1.807, 2.05) is 11.1 Å². The molecule has 0 aliphatic carbocycles. The number of halogens is 1. The van der Waals surface area contributed by atoms with Crippen LogP contribution in [-0.4, -0.2) is 0 Å². The van der Waals surface area contributed by atoms with Crippen LogP contribution in [0.3, 0.4) is 0 Å². The fraction of sp³-hybridized carbons (Fsp3) is 0.200. The van der Waals surface area contributed by atoms with Gasteiger partial charge in [-0.1, -0.05) is 52.3 Å². The van der Waals surface area contributed by atoms with E-state index in [1.54, 1.807) is 0 Å². The molecule has 0 saturated carbocycles. The first-order valence-electron chi connectivity index (χ1n) is 3.72. The van der Waals surface area contributed by atoms with Gasteiger partial charge in [0.15, 0.2) is 0 Å². The predicted molar refractivity (Wildman–Crippen MR) is 52.8 cm³/mol. The summed E-state index contributed by atoms with van der Waals surface area (Å²) in [5.41, 5.74) is 1.40. The van der Waals surface area contributed by atoms with E-state index < -0.39 is 0 Å². The third kappa shape index (κ3) is 3.38. The molecule has 0 aromatic heterocycles. The van der Waals surface area contributed by atoms with Crippen molar-refractivity contribution in [2.24, 2.45) is 0 Å². The summed E-state index contributed by atoms with van der Waals surface area (Å²) in [6, 6.07) is 10.5. The van der Waals surface area contributed by atoms with E-state index in [9.17, 15) is 0 Å². The Balaban J connectivity index is 2.39. The lowest BCUT2D eigenvalue weighted by atomic mass is 10.1. The van der Waals surface area contributed by atoms with E-state index in [2.05, 4.69) is 46.3 Å². The average molecular weight is 211 g/mol. The first-order valence-corrected chi connectivity index (χ1v) is 4.64. The van der Waals surface area contributed by atoms with E-state index in [0.29, 0.717) is 0 Å². The highest BCUT2D eigenvalue weighted by molar-refractivity contribution is 9.11. The van der Waals surface area contributed by atoms with E-state index in [-0.39, 0.29) is 0 Å². The first-order chi connectivity index (χ1) is 5.43. The lowest BCUT2D eigenvalue weighted by molar-refractivity contribution is 1.00. The van der Waals surface area contributed by atoms with Crippen molar-refractivity contribution in [3.63, 3.8) is 0 Å². The molecule has 0 nitrogen and oxygen atoms in total. The Morgan fingerprint density at radius 2 is 1.91 bits per heavy atom. The zero-order valence-corrected chi connectivity index (χ0v) is 7.92. The molecule has 0 N–H and O–H groups in total. The Morgan fingerprint density at radius 1 is 1.18 bits per heavy atom. The van der Waals surface area contributed by atoms with E-state index in [1.165, 1.54) is 5.56 Å². The highest BCUT2D eigenvalue weighted by Gasteiger charge is 1.86. The second-order valence-electron chi connectivity index (χ2n) is 2.39. The van der Waals surface area contributed by atoms with Gasteiger partial charge in [-0.2, -0.15) is 0 Å². The van der Waals surface area contributed by atoms with Gasteiger partial charge in [-0.25, -0.2) is 0 Å². The van der Waals surface area contributed by atoms with Gasteiger partial charge in [-0.3, -0.25) is 0 Å². The summed E-state index contributed by atoms with van der Waals surface area (Å²) >= 11 is 3.24. The smallest absolute Gasteiger partial charge is 0.0229 e. The molecule has 1 rings (SSSR count). The fourth-order valence-electron chi connectivity index (χ4n) is 0.958. The quantitative estimate of drug-likeness (QED) is 0.717. The monoisotopic (exact) mass is 210 g/mol. The molecule has 0 fully saturated rings. The summed E-state index contributed by atoms with van der Waals surface area (Å²) < 4.78 is 0. The minimum Gasteiger partial charge on any atom is -0.0773 e. The van der Waals surface area contributed by atoms with Crippen LogP contribution in [0.15, 0.2) is 41.4 Å². The largest absolute Gasteiger partial charge is 0.0773 e. The summed E-state index contributed by atoms with van der Waals surface area (Å²) in [5.74, 6) is 0. The third-order valence-corrected chi connectivity index (χ3v) is 1.91. The molecule has 0 atom stereocenters. The minimum atomic E-state index is 1.11. The van der Waals surface area contributed by atoms with Crippen molar-refractivity contribution in [1.29, 1.82) is 0 Å². The number of rotatable bonds is 3. The maximum Gasteiger partial charge on any atom is -0.0229 e. The van der Waals surface area contributed by atoms with Crippen LogP contribution < -0.4 is 0 Å². The molecular formula is C10H11Br. The van der Waals surface area contributed by atoms with Gasteiger partial charge in [0.2, 0.25) is 0 Å². The standard InChI is InChI=1S/C10H11Br/c11-9-5-4-8-10-6-2-1-3-7-10/h1-3,5-7,9H,4,8H2/b9-5+. The Hall–Kier alpha value is -0.560. The highest BCUT2D eigenvalue weighted by atomic mass is 79.9. The van der Waals surface area contributed by atoms with Crippen LogP contribution in [0.2, 0.25) is 0 Å². The lowest BCUT2D eigenvalue weighted by Crippen LogP contribution is -1.80. The van der Waals surface area contributed by atoms with Crippen molar-refractivity contribution >= 4 is 15.9 Å². The SMILES string of the molecule is Br/C=C/CCc1ccccc1. The average Bonchev–Trinajstić information content (AvgIpc) is 2.07. The highest BCUT2D eigenvalue weighted by Crippen LogP contribution is 2.02. The molecule has 1 aromatic rings. The first kappa shape index (κ1) is 8.54. The molecule has 58 valence electrons. The topological polar surface area (TPSA) is 0 Å². The lowest BCUT2D eigenvalue weighted by Gasteiger charge is -1.95. The Morgan fingerprint density at radius 3 is 2.55 bits per heavy atom. The molecule has 0 spiro atoms. The normalized spacial score (nSPS) is 10.6. The van der Waals surface area contributed by atoms with Gasteiger partial charge in [0.05, 0.1) is 0 Å². The van der Waals surface area contributed by atoms with Crippen LogP contribution in [0.5, 0.6) is 0 Å². The zero-order valence-electron chi connectivity index (χ0n) is 6.33. The van der Waals surface area contributed by atoms with Crippen LogP contribution in [0.1, 0.15) is 12.0 Å². The summed E-state index contributed by atoms with van der Waals surface area (Å²) in [7, 11) is 0. The van der Waals surface area contributed by atoms with Crippen molar-refractivity contribution in [1.82, 2.24) is 0 Å². The molecule has 0 aliphatic rings. The number of aryl methyl sites for hydroxylation is 1. The molecule has 11 heavy (non-hydrogen) atoms. The number of allylic oxidation sites excluding steroid dienone is 1. The van der Waals surface area contributed by atoms with Crippen LogP contribution in [0, 0.1) is 0 Å². The van der Waals surface area contributed by atoms with E-state index in [0.717, 1.165) is 12.8 Å². The third-order valence-electron chi connectivity index (χ3n) is 1.53. The van der Waals surface area contributed by atoms with Gasteiger partial charge in [0, 0.05) is 0 Å². The van der Waals surface area contributed by atoms with Gasteiger partial charge in [-0.15, -0.1) is 0 Å². The molecule has 0 radical (unpaired) electrons. The van der Waals surface area contributed by atoms with Gasteiger partial charge in [0.25, 0.3) is 0 Å².